The van der Waals surface area contributed by atoms with Gasteiger partial charge in [-0.3, -0.25) is 9.63 Å². The zero-order valence-corrected chi connectivity index (χ0v) is 8.49. The van der Waals surface area contributed by atoms with Gasteiger partial charge in [-0.15, -0.1) is 0 Å². The Kier molecular flexibility index (Phi) is 3.96. The van der Waals surface area contributed by atoms with Crippen LogP contribution in [0.2, 0.25) is 0 Å². The Morgan fingerprint density at radius 1 is 1.50 bits per heavy atom. The van der Waals surface area contributed by atoms with Gasteiger partial charge < -0.3 is 5.11 Å². The summed E-state index contributed by atoms with van der Waals surface area (Å²) in [5.41, 5.74) is 2.62. The molecule has 0 aliphatic carbocycles. The van der Waals surface area contributed by atoms with Crippen LogP contribution in [0.1, 0.15) is 15.9 Å². The van der Waals surface area contributed by atoms with Gasteiger partial charge in [0, 0.05) is 5.56 Å². The number of benzene rings is 1. The molecular formula is C10H10FNO4. The number of hydroxylamine groups is 1. The van der Waals surface area contributed by atoms with Crippen LogP contribution in [0.4, 0.5) is 4.39 Å². The Morgan fingerprint density at radius 3 is 2.75 bits per heavy atom. The first-order valence-corrected chi connectivity index (χ1v) is 4.41. The summed E-state index contributed by atoms with van der Waals surface area (Å²) < 4.78 is 12.7. The van der Waals surface area contributed by atoms with Crippen molar-refractivity contribution < 1.29 is 23.9 Å². The summed E-state index contributed by atoms with van der Waals surface area (Å²) in [5, 5.41) is 8.26. The molecule has 1 aromatic carbocycles. The highest BCUT2D eigenvalue weighted by atomic mass is 19.1. The molecule has 0 unspecified atom stereocenters. The van der Waals surface area contributed by atoms with Gasteiger partial charge in [0.1, 0.15) is 5.82 Å². The van der Waals surface area contributed by atoms with E-state index in [2.05, 4.69) is 4.84 Å². The maximum Gasteiger partial charge on any atom is 0.332 e. The van der Waals surface area contributed by atoms with Crippen LogP contribution >= 0.6 is 0 Å². The number of aliphatic carboxylic acids is 1. The van der Waals surface area contributed by atoms with Gasteiger partial charge >= 0.3 is 5.97 Å². The second kappa shape index (κ2) is 5.22. The number of halogens is 1. The zero-order valence-electron chi connectivity index (χ0n) is 8.49. The molecule has 0 radical (unpaired) electrons. The average molecular weight is 227 g/mol. The van der Waals surface area contributed by atoms with Crippen LogP contribution < -0.4 is 5.48 Å². The average Bonchev–Trinajstić information content (AvgIpc) is 2.16. The van der Waals surface area contributed by atoms with E-state index in [1.165, 1.54) is 12.1 Å². The lowest BCUT2D eigenvalue weighted by atomic mass is 10.1. The van der Waals surface area contributed by atoms with Gasteiger partial charge in [-0.25, -0.2) is 14.7 Å². The Morgan fingerprint density at radius 2 is 2.19 bits per heavy atom. The summed E-state index contributed by atoms with van der Waals surface area (Å²) in [6.07, 6.45) is 0. The Balaban J connectivity index is 2.63. The molecule has 6 heteroatoms. The predicted molar refractivity (Wildman–Crippen MR) is 52.2 cm³/mol. The van der Waals surface area contributed by atoms with E-state index in [4.69, 9.17) is 5.11 Å². The Hall–Kier alpha value is -1.95. The van der Waals surface area contributed by atoms with Crippen molar-refractivity contribution in [3.8, 4) is 0 Å². The van der Waals surface area contributed by atoms with Gasteiger partial charge in [0.2, 0.25) is 0 Å². The fourth-order valence-electron chi connectivity index (χ4n) is 1.10. The van der Waals surface area contributed by atoms with E-state index in [9.17, 15) is 14.0 Å². The zero-order chi connectivity index (χ0) is 12.1. The number of carboxylic acid groups (broad SMARTS) is 1. The summed E-state index contributed by atoms with van der Waals surface area (Å²) >= 11 is 0. The Labute approximate surface area is 90.8 Å². The number of carbonyl (C=O) groups excluding carboxylic acids is 1. The molecule has 1 amide bonds. The van der Waals surface area contributed by atoms with Crippen molar-refractivity contribution in [2.24, 2.45) is 0 Å². The quantitative estimate of drug-likeness (QED) is 0.748. The molecular weight excluding hydrogens is 217 g/mol. The van der Waals surface area contributed by atoms with Gasteiger partial charge in [0.25, 0.3) is 5.91 Å². The SMILES string of the molecule is Cc1cc(F)ccc1C(=O)NOCC(=O)O. The summed E-state index contributed by atoms with van der Waals surface area (Å²) in [5.74, 6) is -2.25. The number of carbonyl (C=O) groups is 2. The number of hydrogen-bond donors (Lipinski definition) is 2. The third-order valence-electron chi connectivity index (χ3n) is 1.79. The topological polar surface area (TPSA) is 75.6 Å². The van der Waals surface area contributed by atoms with Gasteiger partial charge in [0.15, 0.2) is 6.61 Å². The number of rotatable bonds is 4. The number of carboxylic acids is 1. The fraction of sp³-hybridized carbons (Fsp3) is 0.200. The summed E-state index contributed by atoms with van der Waals surface area (Å²) in [7, 11) is 0. The largest absolute Gasteiger partial charge is 0.479 e. The summed E-state index contributed by atoms with van der Waals surface area (Å²) in [6, 6.07) is 3.63. The minimum absolute atomic E-state index is 0.229. The van der Waals surface area contributed by atoms with Gasteiger partial charge in [-0.2, -0.15) is 0 Å². The van der Waals surface area contributed by atoms with Crippen molar-refractivity contribution in [3.05, 3.63) is 35.1 Å². The molecule has 1 rings (SSSR count). The number of amides is 1. The number of nitrogens with one attached hydrogen (secondary N) is 1. The molecule has 1 aromatic rings. The lowest BCUT2D eigenvalue weighted by Gasteiger charge is -2.06. The molecule has 0 aromatic heterocycles. The van der Waals surface area contributed by atoms with Crippen molar-refractivity contribution in [1.29, 1.82) is 0 Å². The van der Waals surface area contributed by atoms with Crippen molar-refractivity contribution in [2.45, 2.75) is 6.92 Å². The van der Waals surface area contributed by atoms with E-state index in [0.29, 0.717) is 5.56 Å². The van der Waals surface area contributed by atoms with Crippen LogP contribution in [-0.4, -0.2) is 23.6 Å². The highest BCUT2D eigenvalue weighted by Gasteiger charge is 2.10. The maximum atomic E-state index is 12.7. The van der Waals surface area contributed by atoms with Crippen molar-refractivity contribution in [2.75, 3.05) is 6.61 Å². The van der Waals surface area contributed by atoms with Crippen molar-refractivity contribution >= 4 is 11.9 Å². The van der Waals surface area contributed by atoms with Crippen LogP contribution in [-0.2, 0) is 9.63 Å². The first-order valence-electron chi connectivity index (χ1n) is 4.41. The molecule has 0 aliphatic rings. The van der Waals surface area contributed by atoms with E-state index in [0.717, 1.165) is 6.07 Å². The Bertz CT molecular complexity index is 419. The monoisotopic (exact) mass is 227 g/mol. The molecule has 86 valence electrons. The van der Waals surface area contributed by atoms with Crippen LogP contribution in [0.25, 0.3) is 0 Å². The molecule has 0 saturated carbocycles. The van der Waals surface area contributed by atoms with Crippen molar-refractivity contribution in [3.63, 3.8) is 0 Å². The maximum absolute atomic E-state index is 12.7. The molecule has 0 aliphatic heterocycles. The van der Waals surface area contributed by atoms with Crippen LogP contribution in [0.5, 0.6) is 0 Å². The molecule has 16 heavy (non-hydrogen) atoms. The lowest BCUT2D eigenvalue weighted by molar-refractivity contribution is -0.144. The highest BCUT2D eigenvalue weighted by Crippen LogP contribution is 2.09. The summed E-state index contributed by atoms with van der Waals surface area (Å²) in [4.78, 5) is 25.9. The third kappa shape index (κ3) is 3.32. The minimum Gasteiger partial charge on any atom is -0.479 e. The van der Waals surface area contributed by atoms with Gasteiger partial charge in [-0.05, 0) is 30.7 Å². The molecule has 0 spiro atoms. The van der Waals surface area contributed by atoms with Crippen LogP contribution in [0, 0.1) is 12.7 Å². The number of hydrogen-bond acceptors (Lipinski definition) is 3. The predicted octanol–water partition coefficient (Wildman–Crippen LogP) is 0.880. The standard InChI is InChI=1S/C10H10FNO4/c1-6-4-7(11)2-3-8(6)10(15)12-16-5-9(13)14/h2-4H,5H2,1H3,(H,12,15)(H,13,14). The van der Waals surface area contributed by atoms with E-state index >= 15 is 0 Å². The third-order valence-corrected chi connectivity index (χ3v) is 1.79. The van der Waals surface area contributed by atoms with Crippen LogP contribution in [0.15, 0.2) is 18.2 Å². The van der Waals surface area contributed by atoms with Gasteiger partial charge in [0.05, 0.1) is 0 Å². The molecule has 0 fully saturated rings. The van der Waals surface area contributed by atoms with E-state index in [-0.39, 0.29) is 5.56 Å². The smallest absolute Gasteiger partial charge is 0.332 e. The van der Waals surface area contributed by atoms with E-state index in [1.54, 1.807) is 6.92 Å². The normalized spacial score (nSPS) is 9.88. The first kappa shape index (κ1) is 12.1. The van der Waals surface area contributed by atoms with Gasteiger partial charge in [-0.1, -0.05) is 0 Å². The van der Waals surface area contributed by atoms with E-state index in [1.807, 2.05) is 5.48 Å². The second-order valence-corrected chi connectivity index (χ2v) is 3.07. The number of aryl methyl sites for hydroxylation is 1. The molecule has 2 N–H and O–H groups in total. The fourth-order valence-corrected chi connectivity index (χ4v) is 1.10. The second-order valence-electron chi connectivity index (χ2n) is 3.07. The molecule has 5 nitrogen and oxygen atoms in total. The minimum atomic E-state index is -1.20. The molecule has 0 atom stereocenters. The molecule has 0 bridgehead atoms. The van der Waals surface area contributed by atoms with Crippen molar-refractivity contribution in [1.82, 2.24) is 5.48 Å². The first-order chi connectivity index (χ1) is 7.50. The lowest BCUT2D eigenvalue weighted by Crippen LogP contribution is -2.27. The summed E-state index contributed by atoms with van der Waals surface area (Å²) in [6.45, 7) is 0.932. The van der Waals surface area contributed by atoms with E-state index < -0.39 is 24.3 Å². The molecule has 0 heterocycles. The molecule has 0 saturated heterocycles. The van der Waals surface area contributed by atoms with Crippen LogP contribution in [0.3, 0.4) is 0 Å². The highest BCUT2D eigenvalue weighted by molar-refractivity contribution is 5.94.